The third-order valence-electron chi connectivity index (χ3n) is 2.58. The Kier molecular flexibility index (Phi) is 4.65. The number of carbonyl (C=O) groups is 1. The van der Waals surface area contributed by atoms with Gasteiger partial charge in [0, 0.05) is 11.8 Å². The van der Waals surface area contributed by atoms with Gasteiger partial charge in [0.2, 0.25) is 0 Å². The fourth-order valence-electron chi connectivity index (χ4n) is 1.74. The number of rotatable bonds is 5. The van der Waals surface area contributed by atoms with Crippen LogP contribution >= 0.6 is 0 Å². The van der Waals surface area contributed by atoms with E-state index < -0.39 is 5.97 Å². The van der Waals surface area contributed by atoms with Gasteiger partial charge in [-0.15, -0.1) is 0 Å². The summed E-state index contributed by atoms with van der Waals surface area (Å²) in [4.78, 5) is 20.3. The zero-order valence-electron chi connectivity index (χ0n) is 11.5. The molecule has 0 saturated carbocycles. The highest BCUT2D eigenvalue weighted by atomic mass is 16.5. The fraction of sp³-hybridized carbons (Fsp3) is 0.267. The van der Waals surface area contributed by atoms with Crippen LogP contribution in [0.15, 0.2) is 36.5 Å². The number of ether oxygens (including phenoxy) is 2. The second kappa shape index (κ2) is 6.65. The molecule has 5 heteroatoms. The van der Waals surface area contributed by atoms with Gasteiger partial charge in [0.25, 0.3) is 0 Å². The molecule has 5 nitrogen and oxygen atoms in total. The van der Waals surface area contributed by atoms with Gasteiger partial charge in [0.1, 0.15) is 5.56 Å². The molecule has 0 N–H and O–H groups in total. The first-order chi connectivity index (χ1) is 9.76. The largest absolute Gasteiger partial charge is 0.464 e. The summed E-state index contributed by atoms with van der Waals surface area (Å²) >= 11 is 0. The van der Waals surface area contributed by atoms with Gasteiger partial charge in [-0.05, 0) is 13.8 Å². The zero-order chi connectivity index (χ0) is 14.4. The molecule has 0 radical (unpaired) electrons. The predicted molar refractivity (Wildman–Crippen MR) is 74.6 cm³/mol. The molecule has 104 valence electrons. The lowest BCUT2D eigenvalue weighted by Gasteiger charge is -2.09. The van der Waals surface area contributed by atoms with Crippen molar-refractivity contribution >= 4 is 5.97 Å². The lowest BCUT2D eigenvalue weighted by atomic mass is 10.1. The maximum absolute atomic E-state index is 12.0. The van der Waals surface area contributed by atoms with Gasteiger partial charge < -0.3 is 9.47 Å². The van der Waals surface area contributed by atoms with Gasteiger partial charge >= 0.3 is 12.0 Å². The molecule has 0 atom stereocenters. The van der Waals surface area contributed by atoms with Gasteiger partial charge in [0.05, 0.1) is 18.9 Å². The molecular weight excluding hydrogens is 256 g/mol. The van der Waals surface area contributed by atoms with Crippen LogP contribution in [0.3, 0.4) is 0 Å². The van der Waals surface area contributed by atoms with Crippen LogP contribution in [0.4, 0.5) is 0 Å². The summed E-state index contributed by atoms with van der Waals surface area (Å²) in [7, 11) is 0. The normalized spacial score (nSPS) is 10.1. The third kappa shape index (κ3) is 3.12. The van der Waals surface area contributed by atoms with Crippen LogP contribution < -0.4 is 4.74 Å². The molecule has 0 amide bonds. The van der Waals surface area contributed by atoms with Crippen molar-refractivity contribution in [3.8, 4) is 17.3 Å². The molecule has 2 rings (SSSR count). The molecule has 20 heavy (non-hydrogen) atoms. The van der Waals surface area contributed by atoms with E-state index in [1.165, 1.54) is 6.20 Å². The number of aromatic nitrogens is 2. The molecular formula is C15H16N2O3. The maximum Gasteiger partial charge on any atom is 0.341 e. The quantitative estimate of drug-likeness (QED) is 0.783. The highest BCUT2D eigenvalue weighted by molar-refractivity contribution is 5.95. The van der Waals surface area contributed by atoms with Gasteiger partial charge in [0.15, 0.2) is 0 Å². The molecule has 0 fully saturated rings. The van der Waals surface area contributed by atoms with Crippen LogP contribution in [0.25, 0.3) is 11.3 Å². The Hall–Kier alpha value is -2.43. The number of hydrogen-bond acceptors (Lipinski definition) is 5. The minimum absolute atomic E-state index is 0.249. The average Bonchev–Trinajstić information content (AvgIpc) is 2.48. The monoisotopic (exact) mass is 272 g/mol. The molecule has 1 aromatic heterocycles. The van der Waals surface area contributed by atoms with Gasteiger partial charge in [-0.1, -0.05) is 30.3 Å². The van der Waals surface area contributed by atoms with E-state index in [1.54, 1.807) is 6.92 Å². The van der Waals surface area contributed by atoms with Crippen LogP contribution in [-0.4, -0.2) is 29.2 Å². The summed E-state index contributed by atoms with van der Waals surface area (Å²) in [5.41, 5.74) is 1.67. The van der Waals surface area contributed by atoms with Gasteiger partial charge in [-0.25, -0.2) is 9.78 Å². The number of carbonyl (C=O) groups excluding carboxylic acids is 1. The fourth-order valence-corrected chi connectivity index (χ4v) is 1.74. The molecule has 0 aliphatic carbocycles. The van der Waals surface area contributed by atoms with Crippen molar-refractivity contribution in [3.63, 3.8) is 0 Å². The van der Waals surface area contributed by atoms with Crippen molar-refractivity contribution in [1.82, 2.24) is 9.97 Å². The van der Waals surface area contributed by atoms with E-state index in [4.69, 9.17) is 9.47 Å². The lowest BCUT2D eigenvalue weighted by molar-refractivity contribution is 0.0526. The van der Waals surface area contributed by atoms with Crippen LogP contribution in [0.1, 0.15) is 24.2 Å². The summed E-state index contributed by atoms with van der Waals surface area (Å²) in [6.07, 6.45) is 1.44. The van der Waals surface area contributed by atoms with E-state index in [-0.39, 0.29) is 6.01 Å². The SMILES string of the molecule is CCOC(=O)c1cnc(OCC)nc1-c1ccccc1. The van der Waals surface area contributed by atoms with Crippen LogP contribution in [-0.2, 0) is 4.74 Å². The molecule has 2 aromatic rings. The molecule has 0 aliphatic heterocycles. The van der Waals surface area contributed by atoms with E-state index in [0.29, 0.717) is 24.5 Å². The summed E-state index contributed by atoms with van der Waals surface area (Å²) in [5.74, 6) is -0.436. The number of benzene rings is 1. The topological polar surface area (TPSA) is 61.3 Å². The minimum atomic E-state index is -0.436. The third-order valence-corrected chi connectivity index (χ3v) is 2.58. The highest BCUT2D eigenvalue weighted by Crippen LogP contribution is 2.23. The smallest absolute Gasteiger partial charge is 0.341 e. The van der Waals surface area contributed by atoms with Crippen molar-refractivity contribution < 1.29 is 14.3 Å². The predicted octanol–water partition coefficient (Wildman–Crippen LogP) is 2.72. The van der Waals surface area contributed by atoms with E-state index in [0.717, 1.165) is 5.56 Å². The van der Waals surface area contributed by atoms with Crippen LogP contribution in [0.5, 0.6) is 6.01 Å². The zero-order valence-corrected chi connectivity index (χ0v) is 11.5. The second-order valence-electron chi connectivity index (χ2n) is 3.93. The Balaban J connectivity index is 2.48. The maximum atomic E-state index is 12.0. The van der Waals surface area contributed by atoms with E-state index in [9.17, 15) is 4.79 Å². The summed E-state index contributed by atoms with van der Waals surface area (Å²) < 4.78 is 10.3. The van der Waals surface area contributed by atoms with Gasteiger partial charge in [-0.3, -0.25) is 0 Å². The minimum Gasteiger partial charge on any atom is -0.464 e. The molecule has 0 bridgehead atoms. The first-order valence-electron chi connectivity index (χ1n) is 6.48. The number of hydrogen-bond donors (Lipinski definition) is 0. The Morgan fingerprint density at radius 3 is 2.55 bits per heavy atom. The van der Waals surface area contributed by atoms with Crippen molar-refractivity contribution in [1.29, 1.82) is 0 Å². The van der Waals surface area contributed by atoms with E-state index in [2.05, 4.69) is 9.97 Å². The Bertz CT molecular complexity index is 585. The Morgan fingerprint density at radius 1 is 1.15 bits per heavy atom. The van der Waals surface area contributed by atoms with Crippen LogP contribution in [0.2, 0.25) is 0 Å². The van der Waals surface area contributed by atoms with E-state index in [1.807, 2.05) is 37.3 Å². The van der Waals surface area contributed by atoms with Crippen molar-refractivity contribution in [3.05, 3.63) is 42.1 Å². The van der Waals surface area contributed by atoms with E-state index >= 15 is 0 Å². The molecule has 0 aliphatic rings. The standard InChI is InChI=1S/C15H16N2O3/c1-3-19-14(18)12-10-16-15(20-4-2)17-13(12)11-8-6-5-7-9-11/h5-10H,3-4H2,1-2H3. The molecule has 1 heterocycles. The molecule has 0 saturated heterocycles. The molecule has 0 unspecified atom stereocenters. The summed E-state index contributed by atoms with van der Waals surface area (Å²) in [6.45, 7) is 4.38. The first-order valence-corrected chi connectivity index (χ1v) is 6.48. The number of esters is 1. The Labute approximate surface area is 117 Å². The summed E-state index contributed by atoms with van der Waals surface area (Å²) in [5, 5.41) is 0. The summed E-state index contributed by atoms with van der Waals surface area (Å²) in [6, 6.07) is 9.67. The average molecular weight is 272 g/mol. The van der Waals surface area contributed by atoms with Crippen molar-refractivity contribution in [2.75, 3.05) is 13.2 Å². The number of nitrogens with zero attached hydrogens (tertiary/aromatic N) is 2. The Morgan fingerprint density at radius 2 is 1.90 bits per heavy atom. The highest BCUT2D eigenvalue weighted by Gasteiger charge is 2.17. The molecule has 0 spiro atoms. The van der Waals surface area contributed by atoms with Crippen LogP contribution in [0, 0.1) is 0 Å². The second-order valence-corrected chi connectivity index (χ2v) is 3.93. The first kappa shape index (κ1) is 14.0. The van der Waals surface area contributed by atoms with Crippen molar-refractivity contribution in [2.24, 2.45) is 0 Å². The van der Waals surface area contributed by atoms with Gasteiger partial charge in [-0.2, -0.15) is 4.98 Å². The lowest BCUT2D eigenvalue weighted by Crippen LogP contribution is -2.10. The van der Waals surface area contributed by atoms with Crippen molar-refractivity contribution in [2.45, 2.75) is 13.8 Å². The molecule has 1 aromatic carbocycles.